The minimum absolute atomic E-state index is 0.0132. The van der Waals surface area contributed by atoms with Gasteiger partial charge in [0.1, 0.15) is 23.6 Å². The number of halogens is 2. The van der Waals surface area contributed by atoms with Gasteiger partial charge in [-0.25, -0.2) is 14.4 Å². The molecule has 2 rings (SSSR count). The van der Waals surface area contributed by atoms with Gasteiger partial charge in [-0.2, -0.15) is 0 Å². The van der Waals surface area contributed by atoms with E-state index in [1.54, 1.807) is 0 Å². The van der Waals surface area contributed by atoms with Crippen LogP contribution in [0.5, 0.6) is 5.75 Å². The first-order chi connectivity index (χ1) is 13.0. The molecule has 0 aliphatic rings. The minimum atomic E-state index is -0.845. The fourth-order valence-corrected chi connectivity index (χ4v) is 2.09. The maximum Gasteiger partial charge on any atom is 0.270 e. The van der Waals surface area contributed by atoms with Crippen LogP contribution in [0.1, 0.15) is 16.9 Å². The van der Waals surface area contributed by atoms with Crippen LogP contribution in [0.3, 0.4) is 0 Å². The van der Waals surface area contributed by atoms with Gasteiger partial charge < -0.3 is 20.5 Å². The summed E-state index contributed by atoms with van der Waals surface area (Å²) in [5.41, 5.74) is 0.196. The van der Waals surface area contributed by atoms with E-state index in [9.17, 15) is 19.1 Å². The van der Waals surface area contributed by atoms with Crippen molar-refractivity contribution in [3.8, 4) is 5.75 Å². The van der Waals surface area contributed by atoms with Crippen molar-refractivity contribution < 1.29 is 23.8 Å². The van der Waals surface area contributed by atoms with Crippen molar-refractivity contribution in [3.05, 3.63) is 53.3 Å². The highest BCUT2D eigenvalue weighted by Crippen LogP contribution is 2.20. The molecule has 0 aliphatic carbocycles. The molecule has 0 aliphatic heterocycles. The number of carbonyl (C=O) groups excluding carboxylic acids is 2. The molecule has 1 heterocycles. The first-order valence-electron chi connectivity index (χ1n) is 8.02. The molecule has 0 saturated heterocycles. The summed E-state index contributed by atoms with van der Waals surface area (Å²) in [4.78, 5) is 30.9. The van der Waals surface area contributed by atoms with Crippen LogP contribution in [0.15, 0.2) is 36.8 Å². The van der Waals surface area contributed by atoms with Gasteiger partial charge in [-0.15, -0.1) is 0 Å². The normalized spacial score (nSPS) is 11.5. The highest BCUT2D eigenvalue weighted by Gasteiger charge is 2.11. The van der Waals surface area contributed by atoms with E-state index in [1.165, 1.54) is 30.7 Å². The van der Waals surface area contributed by atoms with Gasteiger partial charge in [-0.3, -0.25) is 9.59 Å². The van der Waals surface area contributed by atoms with Gasteiger partial charge in [0.25, 0.3) is 11.8 Å². The van der Waals surface area contributed by atoms with Gasteiger partial charge in [-0.1, -0.05) is 11.6 Å². The molecule has 2 amide bonds. The number of aliphatic hydroxyl groups excluding tert-OH is 1. The number of nitrogens with zero attached hydrogens (tertiary/aromatic N) is 2. The predicted octanol–water partition coefficient (Wildman–Crippen LogP) is 0.945. The Morgan fingerprint density at radius 3 is 2.81 bits per heavy atom. The zero-order valence-electron chi connectivity index (χ0n) is 14.2. The summed E-state index contributed by atoms with van der Waals surface area (Å²) in [6, 6.07) is 5.31. The molecule has 27 heavy (non-hydrogen) atoms. The molecular formula is C17H18ClFN4O4. The number of aromatic nitrogens is 2. The number of carbonyl (C=O) groups is 2. The first-order valence-corrected chi connectivity index (χ1v) is 8.40. The minimum Gasteiger partial charge on any atom is -0.484 e. The number of ether oxygens (including phenoxy) is 1. The summed E-state index contributed by atoms with van der Waals surface area (Å²) in [5.74, 6) is -1.31. The topological polar surface area (TPSA) is 113 Å². The molecule has 10 heteroatoms. The van der Waals surface area contributed by atoms with Gasteiger partial charge in [0.05, 0.1) is 11.1 Å². The Bertz CT molecular complexity index is 779. The van der Waals surface area contributed by atoms with E-state index in [2.05, 4.69) is 20.6 Å². The molecule has 1 unspecified atom stereocenters. The molecule has 1 atom stereocenters. The Kier molecular flexibility index (Phi) is 7.90. The summed E-state index contributed by atoms with van der Waals surface area (Å²) in [5, 5.41) is 14.9. The molecule has 0 fully saturated rings. The Morgan fingerprint density at radius 1 is 1.30 bits per heavy atom. The second kappa shape index (κ2) is 10.4. The van der Waals surface area contributed by atoms with Crippen molar-refractivity contribution in [3.63, 3.8) is 0 Å². The maximum absolute atomic E-state index is 13.3. The molecule has 8 nitrogen and oxygen atoms in total. The van der Waals surface area contributed by atoms with Crippen LogP contribution in [0.25, 0.3) is 0 Å². The average Bonchev–Trinajstić information content (AvgIpc) is 2.67. The third-order valence-corrected chi connectivity index (χ3v) is 3.68. The third-order valence-electron chi connectivity index (χ3n) is 3.37. The molecule has 1 aromatic carbocycles. The molecule has 0 saturated carbocycles. The summed E-state index contributed by atoms with van der Waals surface area (Å²) < 4.78 is 18.4. The smallest absolute Gasteiger partial charge is 0.270 e. The highest BCUT2D eigenvalue weighted by molar-refractivity contribution is 6.30. The molecule has 1 aromatic heterocycles. The van der Waals surface area contributed by atoms with Crippen LogP contribution in [0.4, 0.5) is 4.39 Å². The molecule has 144 valence electrons. The first kappa shape index (κ1) is 20.5. The van der Waals surface area contributed by atoms with Crippen molar-refractivity contribution in [2.24, 2.45) is 0 Å². The summed E-state index contributed by atoms with van der Waals surface area (Å²) in [6.45, 7) is -0.109. The summed E-state index contributed by atoms with van der Waals surface area (Å²) in [7, 11) is 0. The van der Waals surface area contributed by atoms with Crippen molar-refractivity contribution in [2.75, 3.05) is 19.7 Å². The lowest BCUT2D eigenvalue weighted by Crippen LogP contribution is -2.36. The SMILES string of the molecule is O=C(COc1ccc(Cl)c(F)c1)NCCC(O)CNC(=O)c1ccncn1. The zero-order chi connectivity index (χ0) is 19.6. The lowest BCUT2D eigenvalue weighted by Gasteiger charge is -2.12. The lowest BCUT2D eigenvalue weighted by molar-refractivity contribution is -0.123. The standard InChI is InChI=1S/C17H18ClFN4O4/c18-13-2-1-12(7-14(13)19)27-9-16(25)21-6-3-11(24)8-22-17(26)15-4-5-20-10-23-15/h1-2,4-5,7,10-11,24H,3,6,8-9H2,(H,21,25)(H,22,26). The summed E-state index contributed by atoms with van der Waals surface area (Å²) in [6.07, 6.45) is 2.07. The Balaban J connectivity index is 1.61. The molecular weight excluding hydrogens is 379 g/mol. The fourth-order valence-electron chi connectivity index (χ4n) is 1.97. The molecule has 0 bridgehead atoms. The predicted molar refractivity (Wildman–Crippen MR) is 94.9 cm³/mol. The van der Waals surface area contributed by atoms with E-state index in [4.69, 9.17) is 16.3 Å². The van der Waals surface area contributed by atoms with E-state index in [1.807, 2.05) is 0 Å². The zero-order valence-corrected chi connectivity index (χ0v) is 14.9. The highest BCUT2D eigenvalue weighted by atomic mass is 35.5. The Morgan fingerprint density at radius 2 is 2.11 bits per heavy atom. The number of hydrogen-bond acceptors (Lipinski definition) is 6. The van der Waals surface area contributed by atoms with Crippen LogP contribution in [-0.4, -0.2) is 52.7 Å². The fraction of sp³-hybridized carbons (Fsp3) is 0.294. The van der Waals surface area contributed by atoms with Crippen molar-refractivity contribution in [1.82, 2.24) is 20.6 Å². The number of benzene rings is 1. The van der Waals surface area contributed by atoms with Crippen molar-refractivity contribution >= 4 is 23.4 Å². The number of rotatable bonds is 9. The second-order valence-electron chi connectivity index (χ2n) is 5.46. The molecule has 3 N–H and O–H groups in total. The van der Waals surface area contributed by atoms with Crippen LogP contribution in [-0.2, 0) is 4.79 Å². The van der Waals surface area contributed by atoms with Gasteiger partial charge in [0.15, 0.2) is 6.61 Å². The number of nitrogens with one attached hydrogen (secondary N) is 2. The van der Waals surface area contributed by atoms with E-state index in [0.717, 1.165) is 6.07 Å². The average molecular weight is 397 g/mol. The largest absolute Gasteiger partial charge is 0.484 e. The monoisotopic (exact) mass is 396 g/mol. The Hall–Kier alpha value is -2.78. The van der Waals surface area contributed by atoms with Crippen LogP contribution < -0.4 is 15.4 Å². The van der Waals surface area contributed by atoms with Crippen LogP contribution in [0.2, 0.25) is 5.02 Å². The van der Waals surface area contributed by atoms with Gasteiger partial charge >= 0.3 is 0 Å². The quantitative estimate of drug-likeness (QED) is 0.581. The van der Waals surface area contributed by atoms with Crippen molar-refractivity contribution in [1.29, 1.82) is 0 Å². The van der Waals surface area contributed by atoms with Gasteiger partial charge in [-0.05, 0) is 24.6 Å². The van der Waals surface area contributed by atoms with Crippen molar-refractivity contribution in [2.45, 2.75) is 12.5 Å². The number of hydrogen-bond donors (Lipinski definition) is 3. The second-order valence-corrected chi connectivity index (χ2v) is 5.87. The van der Waals surface area contributed by atoms with Crippen LogP contribution in [0, 0.1) is 5.82 Å². The van der Waals surface area contributed by atoms with E-state index < -0.39 is 23.7 Å². The molecule has 0 radical (unpaired) electrons. The number of aliphatic hydroxyl groups is 1. The van der Waals surface area contributed by atoms with Crippen LogP contribution >= 0.6 is 11.6 Å². The van der Waals surface area contributed by atoms with E-state index in [-0.39, 0.29) is 42.6 Å². The van der Waals surface area contributed by atoms with E-state index >= 15 is 0 Å². The maximum atomic E-state index is 13.3. The molecule has 0 spiro atoms. The third kappa shape index (κ3) is 7.16. The Labute approximate surface area is 159 Å². The summed E-state index contributed by atoms with van der Waals surface area (Å²) >= 11 is 5.56. The van der Waals surface area contributed by atoms with Gasteiger partial charge in [0.2, 0.25) is 0 Å². The number of amides is 2. The van der Waals surface area contributed by atoms with E-state index in [0.29, 0.717) is 0 Å². The lowest BCUT2D eigenvalue weighted by atomic mass is 10.2. The van der Waals surface area contributed by atoms with Gasteiger partial charge in [0, 0.05) is 25.4 Å². The molecule has 2 aromatic rings.